The lowest BCUT2D eigenvalue weighted by atomic mass is 10.1. The monoisotopic (exact) mass is 644 g/mol. The summed E-state index contributed by atoms with van der Waals surface area (Å²) in [7, 11) is 4.31. The number of carbonyl (C=O) groups excluding carboxylic acids is 2. The molecule has 0 amide bonds. The molecule has 0 N–H and O–H groups in total. The third kappa shape index (κ3) is 9.84. The van der Waals surface area contributed by atoms with Crippen molar-refractivity contribution in [1.82, 2.24) is 0 Å². The van der Waals surface area contributed by atoms with Gasteiger partial charge >= 0.3 is 11.9 Å². The maximum atomic E-state index is 12.0. The van der Waals surface area contributed by atoms with Crippen LogP contribution in [0.25, 0.3) is 0 Å². The van der Waals surface area contributed by atoms with Crippen molar-refractivity contribution in [1.29, 1.82) is 0 Å². The zero-order valence-corrected chi connectivity index (χ0v) is 25.3. The van der Waals surface area contributed by atoms with Gasteiger partial charge in [-0.25, -0.2) is 9.59 Å². The van der Waals surface area contributed by atoms with Crippen LogP contribution in [0.5, 0.6) is 17.2 Å². The van der Waals surface area contributed by atoms with Gasteiger partial charge in [0.2, 0.25) is 0 Å². The summed E-state index contributed by atoms with van der Waals surface area (Å²) >= 11 is 2.14. The second-order valence-corrected chi connectivity index (χ2v) is 9.86. The van der Waals surface area contributed by atoms with Gasteiger partial charge in [-0.1, -0.05) is 24.0 Å². The van der Waals surface area contributed by atoms with E-state index in [0.29, 0.717) is 33.9 Å². The predicted molar refractivity (Wildman–Crippen MR) is 159 cm³/mol. The van der Waals surface area contributed by atoms with E-state index in [2.05, 4.69) is 34.4 Å². The molecule has 3 aromatic carbocycles. The van der Waals surface area contributed by atoms with Crippen LogP contribution in [0.15, 0.2) is 60.7 Å². The molecule has 0 heterocycles. The van der Waals surface area contributed by atoms with Crippen LogP contribution in [0, 0.1) is 15.4 Å². The fraction of sp³-hybridized carbons (Fsp3) is 0.290. The van der Waals surface area contributed by atoms with Crippen molar-refractivity contribution in [2.45, 2.75) is 39.9 Å². The molecule has 8 heteroatoms. The van der Waals surface area contributed by atoms with Crippen molar-refractivity contribution in [2.75, 3.05) is 21.3 Å². The van der Waals surface area contributed by atoms with Gasteiger partial charge in [0.05, 0.1) is 39.1 Å². The smallest absolute Gasteiger partial charge is 0.341 e. The highest BCUT2D eigenvalue weighted by Gasteiger charge is 2.15. The molecular weight excluding hydrogens is 611 g/mol. The summed E-state index contributed by atoms with van der Waals surface area (Å²) < 4.78 is 26.9. The Labute approximate surface area is 243 Å². The number of benzene rings is 3. The first kappa shape index (κ1) is 31.5. The average molecular weight is 645 g/mol. The van der Waals surface area contributed by atoms with E-state index in [-0.39, 0.29) is 18.2 Å². The molecule has 0 spiro atoms. The van der Waals surface area contributed by atoms with Crippen molar-refractivity contribution in [2.24, 2.45) is 0 Å². The lowest BCUT2D eigenvalue weighted by Crippen LogP contribution is -2.11. The van der Waals surface area contributed by atoms with Crippen LogP contribution < -0.4 is 14.2 Å². The summed E-state index contributed by atoms with van der Waals surface area (Å²) in [6.45, 7) is 7.63. The maximum Gasteiger partial charge on any atom is 0.341 e. The maximum absolute atomic E-state index is 12.0. The molecule has 0 aliphatic heterocycles. The molecule has 7 nitrogen and oxygen atoms in total. The average Bonchev–Trinajstić information content (AvgIpc) is 2.92. The molecule has 39 heavy (non-hydrogen) atoms. The van der Waals surface area contributed by atoms with Crippen LogP contribution in [0.2, 0.25) is 0 Å². The Morgan fingerprint density at radius 1 is 0.692 bits per heavy atom. The second kappa shape index (κ2) is 15.6. The molecule has 0 aliphatic carbocycles. The number of carbonyl (C=O) groups is 2. The molecule has 3 aromatic rings. The van der Waals surface area contributed by atoms with Gasteiger partial charge in [0.25, 0.3) is 0 Å². The number of esters is 2. The highest BCUT2D eigenvalue weighted by molar-refractivity contribution is 14.1. The summed E-state index contributed by atoms with van der Waals surface area (Å²) in [5.41, 5.74) is 2.30. The van der Waals surface area contributed by atoms with Gasteiger partial charge in [-0.2, -0.15) is 0 Å². The number of hydrogen-bond acceptors (Lipinski definition) is 7. The minimum Gasteiger partial charge on any atom is -0.495 e. The third-order valence-electron chi connectivity index (χ3n) is 4.91. The summed E-state index contributed by atoms with van der Waals surface area (Å²) in [5.74, 6) is 7.03. The molecule has 0 atom stereocenters. The van der Waals surface area contributed by atoms with Crippen LogP contribution in [0.1, 0.15) is 59.5 Å². The second-order valence-electron chi connectivity index (χ2n) is 8.62. The van der Waals surface area contributed by atoms with Crippen LogP contribution in [-0.2, 0) is 9.47 Å². The minimum atomic E-state index is -0.452. The van der Waals surface area contributed by atoms with Gasteiger partial charge in [0, 0.05) is 9.13 Å². The van der Waals surface area contributed by atoms with E-state index < -0.39 is 5.97 Å². The van der Waals surface area contributed by atoms with Gasteiger partial charge in [-0.15, -0.1) is 0 Å². The van der Waals surface area contributed by atoms with Crippen molar-refractivity contribution in [3.05, 3.63) is 86.5 Å². The van der Waals surface area contributed by atoms with Gasteiger partial charge < -0.3 is 23.7 Å². The summed E-state index contributed by atoms with van der Waals surface area (Å²) in [4.78, 5) is 23.4. The fourth-order valence-corrected chi connectivity index (χ4v) is 3.74. The zero-order chi connectivity index (χ0) is 28.9. The van der Waals surface area contributed by atoms with E-state index in [4.69, 9.17) is 23.7 Å². The Balaban J connectivity index is 0.000000306. The SMILES string of the molecule is COC(=O)c1cc(C#Cc2ccccc2OC)ccc1OC(C)C.COC(=O)c1cc(I)ccc1OC(C)C. The Bertz CT molecular complexity index is 1340. The molecule has 0 saturated heterocycles. The number of hydrogen-bond donors (Lipinski definition) is 0. The summed E-state index contributed by atoms with van der Waals surface area (Å²) in [6.07, 6.45) is -0.00705. The Morgan fingerprint density at radius 3 is 1.77 bits per heavy atom. The largest absolute Gasteiger partial charge is 0.495 e. The van der Waals surface area contributed by atoms with Crippen molar-refractivity contribution in [3.8, 4) is 29.1 Å². The predicted octanol–water partition coefficient (Wildman–Crippen LogP) is 6.53. The van der Waals surface area contributed by atoms with E-state index in [0.717, 1.165) is 9.13 Å². The topological polar surface area (TPSA) is 80.3 Å². The Hall–Kier alpha value is -3.71. The van der Waals surface area contributed by atoms with Crippen LogP contribution in [-0.4, -0.2) is 45.5 Å². The first-order valence-electron chi connectivity index (χ1n) is 12.2. The first-order valence-corrected chi connectivity index (χ1v) is 13.3. The van der Waals surface area contributed by atoms with E-state index in [9.17, 15) is 9.59 Å². The Kier molecular flexibility index (Phi) is 12.6. The summed E-state index contributed by atoms with van der Waals surface area (Å²) in [6, 6.07) is 18.2. The Morgan fingerprint density at radius 2 is 1.23 bits per heavy atom. The molecule has 0 aliphatic rings. The highest BCUT2D eigenvalue weighted by atomic mass is 127. The van der Waals surface area contributed by atoms with Gasteiger partial charge in [-0.3, -0.25) is 0 Å². The quantitative estimate of drug-likeness (QED) is 0.164. The summed E-state index contributed by atoms with van der Waals surface area (Å²) in [5, 5.41) is 0. The molecule has 206 valence electrons. The normalized spacial score (nSPS) is 10.0. The molecule has 0 aromatic heterocycles. The molecule has 0 saturated carbocycles. The van der Waals surface area contributed by atoms with Crippen molar-refractivity contribution < 1.29 is 33.3 Å². The first-order chi connectivity index (χ1) is 18.6. The lowest BCUT2D eigenvalue weighted by Gasteiger charge is -2.13. The number of para-hydroxylation sites is 1. The fourth-order valence-electron chi connectivity index (χ4n) is 3.25. The van der Waals surface area contributed by atoms with Gasteiger partial charge in [0.15, 0.2) is 0 Å². The molecule has 0 unspecified atom stereocenters. The van der Waals surface area contributed by atoms with E-state index in [1.165, 1.54) is 14.2 Å². The van der Waals surface area contributed by atoms with E-state index >= 15 is 0 Å². The lowest BCUT2D eigenvalue weighted by molar-refractivity contribution is 0.0584. The highest BCUT2D eigenvalue weighted by Crippen LogP contribution is 2.24. The van der Waals surface area contributed by atoms with Crippen molar-refractivity contribution in [3.63, 3.8) is 0 Å². The molecule has 3 rings (SSSR count). The van der Waals surface area contributed by atoms with Crippen molar-refractivity contribution >= 4 is 34.5 Å². The molecule has 0 bridgehead atoms. The molecule has 0 fully saturated rings. The number of rotatable bonds is 7. The number of methoxy groups -OCH3 is 3. The van der Waals surface area contributed by atoms with E-state index in [1.54, 1.807) is 31.4 Å². The van der Waals surface area contributed by atoms with Gasteiger partial charge in [-0.05, 0) is 98.8 Å². The van der Waals surface area contributed by atoms with E-state index in [1.807, 2.05) is 64.1 Å². The zero-order valence-electron chi connectivity index (χ0n) is 23.2. The van der Waals surface area contributed by atoms with Crippen LogP contribution in [0.3, 0.4) is 0 Å². The minimum absolute atomic E-state index is 0.0356. The molecule has 0 radical (unpaired) electrons. The number of ether oxygens (including phenoxy) is 5. The van der Waals surface area contributed by atoms with Crippen LogP contribution >= 0.6 is 22.6 Å². The standard InChI is InChI=1S/C20H20O4.C11H13IO3/c1-14(2)24-19-12-10-15(13-17(19)20(21)23-4)9-11-16-7-5-6-8-18(16)22-3;1-7(2)15-10-5-4-8(12)6-9(10)11(13)14-3/h5-8,10,12-14H,1-4H3;4-7H,1-3H3. The number of halogens is 1. The van der Waals surface area contributed by atoms with Crippen LogP contribution in [0.4, 0.5) is 0 Å². The van der Waals surface area contributed by atoms with Gasteiger partial charge in [0.1, 0.15) is 28.4 Å². The molecular formula is C31H33IO7. The third-order valence-corrected chi connectivity index (χ3v) is 5.58.